The average molecular weight is 475 g/mol. The first-order chi connectivity index (χ1) is 14.2. The van der Waals surface area contributed by atoms with Crippen LogP contribution in [0.5, 0.6) is 5.75 Å². The molecule has 2 aromatic rings. The van der Waals surface area contributed by atoms with E-state index in [9.17, 15) is 9.59 Å². The molecule has 0 spiro atoms. The van der Waals surface area contributed by atoms with E-state index in [0.29, 0.717) is 12.3 Å². The molecule has 2 rings (SSSR count). The maximum absolute atomic E-state index is 13.1. The molecule has 2 atom stereocenters. The van der Waals surface area contributed by atoms with E-state index >= 15 is 0 Å². The zero-order valence-corrected chi connectivity index (χ0v) is 20.0. The molecule has 6 heteroatoms. The predicted octanol–water partition coefficient (Wildman–Crippen LogP) is 4.78. The molecule has 0 aliphatic carbocycles. The van der Waals surface area contributed by atoms with E-state index in [4.69, 9.17) is 4.74 Å². The summed E-state index contributed by atoms with van der Waals surface area (Å²) in [6.45, 7) is 9.92. The van der Waals surface area contributed by atoms with Crippen LogP contribution in [0.2, 0.25) is 0 Å². The Morgan fingerprint density at radius 3 is 2.37 bits per heavy atom. The van der Waals surface area contributed by atoms with Gasteiger partial charge in [0.2, 0.25) is 5.91 Å². The van der Waals surface area contributed by atoms with Gasteiger partial charge in [-0.15, -0.1) is 0 Å². The second-order valence-corrected chi connectivity index (χ2v) is 8.56. The summed E-state index contributed by atoms with van der Waals surface area (Å²) in [7, 11) is 0. The van der Waals surface area contributed by atoms with Gasteiger partial charge >= 0.3 is 0 Å². The first-order valence-corrected chi connectivity index (χ1v) is 11.0. The highest BCUT2D eigenvalue weighted by molar-refractivity contribution is 9.10. The van der Waals surface area contributed by atoms with Gasteiger partial charge in [-0.05, 0) is 63.4 Å². The smallest absolute Gasteiger partial charge is 0.261 e. The highest BCUT2D eigenvalue weighted by atomic mass is 79.9. The first-order valence-electron chi connectivity index (χ1n) is 10.3. The van der Waals surface area contributed by atoms with E-state index in [-0.39, 0.29) is 24.5 Å². The summed E-state index contributed by atoms with van der Waals surface area (Å²) < 4.78 is 6.71. The Morgan fingerprint density at radius 1 is 1.10 bits per heavy atom. The third-order valence-corrected chi connectivity index (χ3v) is 6.02. The quantitative estimate of drug-likeness (QED) is 0.568. The van der Waals surface area contributed by atoms with Crippen LogP contribution in [0, 0.1) is 13.8 Å². The molecule has 0 aromatic heterocycles. The number of carbonyl (C=O) groups excluding carboxylic acids is 2. The number of benzene rings is 2. The van der Waals surface area contributed by atoms with Gasteiger partial charge in [0.15, 0.2) is 6.61 Å². The Balaban J connectivity index is 2.15. The van der Waals surface area contributed by atoms with Gasteiger partial charge in [-0.3, -0.25) is 9.59 Å². The molecular formula is C24H31BrN2O3. The van der Waals surface area contributed by atoms with Crippen LogP contribution in [-0.4, -0.2) is 35.4 Å². The molecule has 0 aliphatic heterocycles. The minimum absolute atomic E-state index is 0.0540. The van der Waals surface area contributed by atoms with Crippen molar-refractivity contribution in [2.75, 3.05) is 6.61 Å². The molecule has 0 radical (unpaired) electrons. The SMILES string of the molecule is CC[C@H](C)NC(=O)[C@@H](C)N(Cc1ccc(C)cc1)C(=O)COc1ccc(Br)c(C)c1. The van der Waals surface area contributed by atoms with Gasteiger partial charge in [0.05, 0.1) is 0 Å². The molecule has 0 unspecified atom stereocenters. The maximum Gasteiger partial charge on any atom is 0.261 e. The van der Waals surface area contributed by atoms with Crippen molar-refractivity contribution in [2.24, 2.45) is 0 Å². The third kappa shape index (κ3) is 6.87. The Hall–Kier alpha value is -2.34. The van der Waals surface area contributed by atoms with Crippen LogP contribution in [-0.2, 0) is 16.1 Å². The topological polar surface area (TPSA) is 58.6 Å². The molecular weight excluding hydrogens is 444 g/mol. The number of hydrogen-bond donors (Lipinski definition) is 1. The maximum atomic E-state index is 13.1. The number of carbonyl (C=O) groups is 2. The van der Waals surface area contributed by atoms with Crippen LogP contribution >= 0.6 is 15.9 Å². The van der Waals surface area contributed by atoms with Gasteiger partial charge in [-0.1, -0.05) is 52.7 Å². The Bertz CT molecular complexity index is 867. The van der Waals surface area contributed by atoms with Crippen LogP contribution in [0.3, 0.4) is 0 Å². The predicted molar refractivity (Wildman–Crippen MR) is 123 cm³/mol. The fourth-order valence-electron chi connectivity index (χ4n) is 2.87. The van der Waals surface area contributed by atoms with E-state index in [1.54, 1.807) is 11.8 Å². The molecule has 0 aliphatic rings. The minimum Gasteiger partial charge on any atom is -0.484 e. The highest BCUT2D eigenvalue weighted by Crippen LogP contribution is 2.22. The lowest BCUT2D eigenvalue weighted by molar-refractivity contribution is -0.142. The molecule has 0 saturated heterocycles. The molecule has 30 heavy (non-hydrogen) atoms. The fourth-order valence-corrected chi connectivity index (χ4v) is 3.12. The fraction of sp³-hybridized carbons (Fsp3) is 0.417. The number of halogens is 1. The summed E-state index contributed by atoms with van der Waals surface area (Å²) in [4.78, 5) is 27.3. The molecule has 0 saturated carbocycles. The van der Waals surface area contributed by atoms with E-state index in [1.165, 1.54) is 0 Å². The summed E-state index contributed by atoms with van der Waals surface area (Å²) >= 11 is 3.46. The second kappa shape index (κ2) is 11.2. The van der Waals surface area contributed by atoms with Gasteiger partial charge < -0.3 is 15.0 Å². The van der Waals surface area contributed by atoms with Gasteiger partial charge in [0, 0.05) is 17.1 Å². The Labute approximate surface area is 187 Å². The zero-order chi connectivity index (χ0) is 22.3. The molecule has 2 amide bonds. The molecule has 5 nitrogen and oxygen atoms in total. The monoisotopic (exact) mass is 474 g/mol. The van der Waals surface area contributed by atoms with Crippen molar-refractivity contribution in [3.05, 3.63) is 63.6 Å². The summed E-state index contributed by atoms with van der Waals surface area (Å²) in [5.74, 6) is 0.225. The summed E-state index contributed by atoms with van der Waals surface area (Å²) in [5.41, 5.74) is 3.14. The number of aryl methyl sites for hydroxylation is 2. The summed E-state index contributed by atoms with van der Waals surface area (Å²) in [6.07, 6.45) is 0.830. The molecule has 0 heterocycles. The minimum atomic E-state index is -0.608. The standard InChI is InChI=1S/C24H31BrN2O3/c1-6-18(4)26-24(29)19(5)27(14-20-9-7-16(2)8-10-20)23(28)15-30-21-11-12-22(25)17(3)13-21/h7-13,18-19H,6,14-15H2,1-5H3,(H,26,29)/t18-,19+/m0/s1. The van der Waals surface area contributed by atoms with Crippen LogP contribution in [0.4, 0.5) is 0 Å². The number of nitrogens with one attached hydrogen (secondary N) is 1. The molecule has 0 bridgehead atoms. The largest absolute Gasteiger partial charge is 0.484 e. The van der Waals surface area contributed by atoms with Crippen molar-refractivity contribution in [1.82, 2.24) is 10.2 Å². The third-order valence-electron chi connectivity index (χ3n) is 5.13. The Kier molecular flexibility index (Phi) is 8.90. The average Bonchev–Trinajstić information content (AvgIpc) is 2.73. The molecule has 2 aromatic carbocycles. The van der Waals surface area contributed by atoms with E-state index in [2.05, 4.69) is 21.2 Å². The normalized spacial score (nSPS) is 12.7. The number of amides is 2. The lowest BCUT2D eigenvalue weighted by Crippen LogP contribution is -2.50. The molecule has 0 fully saturated rings. The molecule has 1 N–H and O–H groups in total. The van der Waals surface area contributed by atoms with Crippen molar-refractivity contribution in [3.8, 4) is 5.75 Å². The lowest BCUT2D eigenvalue weighted by atomic mass is 10.1. The highest BCUT2D eigenvalue weighted by Gasteiger charge is 2.27. The second-order valence-electron chi connectivity index (χ2n) is 7.70. The van der Waals surface area contributed by atoms with Crippen molar-refractivity contribution in [3.63, 3.8) is 0 Å². The zero-order valence-electron chi connectivity index (χ0n) is 18.4. The van der Waals surface area contributed by atoms with Crippen LogP contribution < -0.4 is 10.1 Å². The van der Waals surface area contributed by atoms with Crippen molar-refractivity contribution < 1.29 is 14.3 Å². The van der Waals surface area contributed by atoms with Gasteiger partial charge in [0.25, 0.3) is 5.91 Å². The van der Waals surface area contributed by atoms with Crippen LogP contribution in [0.1, 0.15) is 43.9 Å². The number of ether oxygens (including phenoxy) is 1. The van der Waals surface area contributed by atoms with Crippen molar-refractivity contribution in [2.45, 2.75) is 59.7 Å². The van der Waals surface area contributed by atoms with Crippen LogP contribution in [0.25, 0.3) is 0 Å². The summed E-state index contributed by atoms with van der Waals surface area (Å²) in [6, 6.07) is 13.0. The lowest BCUT2D eigenvalue weighted by Gasteiger charge is -2.29. The van der Waals surface area contributed by atoms with E-state index < -0.39 is 6.04 Å². The number of hydrogen-bond acceptors (Lipinski definition) is 3. The van der Waals surface area contributed by atoms with Gasteiger partial charge in [0.1, 0.15) is 11.8 Å². The van der Waals surface area contributed by atoms with Gasteiger partial charge in [-0.2, -0.15) is 0 Å². The van der Waals surface area contributed by atoms with E-state index in [0.717, 1.165) is 27.6 Å². The number of nitrogens with zero attached hydrogens (tertiary/aromatic N) is 1. The number of rotatable bonds is 9. The van der Waals surface area contributed by atoms with Crippen molar-refractivity contribution in [1.29, 1.82) is 0 Å². The van der Waals surface area contributed by atoms with Gasteiger partial charge in [-0.25, -0.2) is 0 Å². The summed E-state index contributed by atoms with van der Waals surface area (Å²) in [5, 5.41) is 2.97. The van der Waals surface area contributed by atoms with Crippen LogP contribution in [0.15, 0.2) is 46.9 Å². The first kappa shape index (κ1) is 23.9. The van der Waals surface area contributed by atoms with E-state index in [1.807, 2.05) is 70.2 Å². The Morgan fingerprint density at radius 2 is 1.77 bits per heavy atom. The van der Waals surface area contributed by atoms with Crippen molar-refractivity contribution >= 4 is 27.7 Å². The molecule has 162 valence electrons.